The van der Waals surface area contributed by atoms with Crippen LogP contribution in [0, 0.1) is 0 Å². The fourth-order valence-electron chi connectivity index (χ4n) is 0.189. The van der Waals surface area contributed by atoms with E-state index in [1.165, 1.54) is 0 Å². The number of halogens is 9. The molecule has 0 spiro atoms. The van der Waals surface area contributed by atoms with Crippen molar-refractivity contribution in [3.63, 3.8) is 0 Å². The van der Waals surface area contributed by atoms with Crippen molar-refractivity contribution < 1.29 is 49.3 Å². The van der Waals surface area contributed by atoms with Crippen LogP contribution in [-0.4, -0.2) is 32.2 Å². The fraction of sp³-hybridized carbons (Fsp3) is 1.00. The van der Waals surface area contributed by atoms with Crippen LogP contribution in [-0.2, 0) is 9.68 Å². The van der Waals surface area contributed by atoms with E-state index in [0.29, 0.717) is 0 Å². The largest absolute Gasteiger partial charge is 0.414 e. The lowest BCUT2D eigenvalue weighted by molar-refractivity contribution is -0.223. The van der Waals surface area contributed by atoms with Gasteiger partial charge in [0.1, 0.15) is 0 Å². The van der Waals surface area contributed by atoms with Gasteiger partial charge in [-0.2, -0.15) is 31.3 Å². The molecule has 0 aliphatic heterocycles. The Morgan fingerprint density at radius 3 is 1.32 bits per heavy atom. The molecule has 0 radical (unpaired) electrons. The summed E-state index contributed by atoms with van der Waals surface area (Å²) in [5.74, 6) is 0. The van der Waals surface area contributed by atoms with E-state index >= 15 is 0 Å². The Bertz CT molecular complexity index is 178. The molecule has 0 aromatic rings. The Labute approximate surface area is 103 Å². The van der Waals surface area contributed by atoms with Crippen LogP contribution >= 0.6 is 0 Å². The van der Waals surface area contributed by atoms with Crippen molar-refractivity contribution >= 4 is 0 Å². The predicted octanol–water partition coefficient (Wildman–Crippen LogP) is 4.65. The zero-order valence-electron chi connectivity index (χ0n) is 9.92. The van der Waals surface area contributed by atoms with Crippen LogP contribution < -0.4 is 0 Å². The lowest BCUT2D eigenvalue weighted by Gasteiger charge is -2.13. The minimum absolute atomic E-state index is 0.729. The van der Waals surface area contributed by atoms with E-state index in [1.807, 2.05) is 0 Å². The smallest absolute Gasteiger partial charge is 0.338 e. The molecule has 0 aliphatic rings. The first-order chi connectivity index (χ1) is 8.46. The molecular weight excluding hydrogens is 299 g/mol. The van der Waals surface area contributed by atoms with E-state index in [1.54, 1.807) is 0 Å². The molecular formula is C8H13F9O2. The molecule has 1 unspecified atom stereocenters. The van der Waals surface area contributed by atoms with Gasteiger partial charge in [-0.05, 0) is 11.4 Å². The molecule has 120 valence electrons. The highest BCUT2D eigenvalue weighted by Crippen LogP contribution is 2.21. The van der Waals surface area contributed by atoms with E-state index in [9.17, 15) is 39.6 Å². The topological polar surface area (TPSA) is 18.5 Å². The normalized spacial score (nSPS) is 12.8. The molecule has 0 saturated heterocycles. The third-order valence-corrected chi connectivity index (χ3v) is 1.22. The Balaban J connectivity index is -0.000000222. The van der Waals surface area contributed by atoms with Gasteiger partial charge in [-0.25, -0.2) is 8.78 Å². The lowest BCUT2D eigenvalue weighted by atomic mass is 10.4. The van der Waals surface area contributed by atoms with Crippen molar-refractivity contribution in [3.8, 4) is 0 Å². The summed E-state index contributed by atoms with van der Waals surface area (Å²) < 4.78 is 101. The van der Waals surface area contributed by atoms with Crippen molar-refractivity contribution in [2.45, 2.75) is 38.7 Å². The molecule has 1 atom stereocenters. The van der Waals surface area contributed by atoms with Gasteiger partial charge < -0.3 is 4.74 Å². The van der Waals surface area contributed by atoms with E-state index in [4.69, 9.17) is 0 Å². The van der Waals surface area contributed by atoms with Gasteiger partial charge in [0, 0.05) is 6.42 Å². The first-order valence-corrected chi connectivity index (χ1v) is 4.56. The van der Waals surface area contributed by atoms with Crippen LogP contribution in [0.2, 0.25) is 0 Å². The lowest BCUT2D eigenvalue weighted by Crippen LogP contribution is -2.28. The maximum absolute atomic E-state index is 11.3. The molecule has 0 heterocycles. The van der Waals surface area contributed by atoms with Gasteiger partial charge in [0.05, 0.1) is 0 Å². The maximum atomic E-state index is 11.3. The molecule has 0 aromatic heterocycles. The van der Waals surface area contributed by atoms with Crippen molar-refractivity contribution in [2.75, 3.05) is 13.7 Å². The Morgan fingerprint density at radius 1 is 0.947 bits per heavy atom. The van der Waals surface area contributed by atoms with Crippen LogP contribution in [0.15, 0.2) is 0 Å². The molecule has 0 aliphatic carbocycles. The van der Waals surface area contributed by atoms with Gasteiger partial charge in [0.2, 0.25) is 6.86 Å². The summed E-state index contributed by atoms with van der Waals surface area (Å²) >= 11 is 0. The van der Waals surface area contributed by atoms with E-state index in [2.05, 4.69) is 9.68 Å². The van der Waals surface area contributed by atoms with E-state index in [0.717, 1.165) is 13.8 Å². The summed E-state index contributed by atoms with van der Waals surface area (Å²) in [5.41, 5.74) is 0. The Kier molecular flexibility index (Phi) is 15.2. The van der Waals surface area contributed by atoms with Gasteiger partial charge in [0.25, 0.3) is 0 Å². The summed E-state index contributed by atoms with van der Waals surface area (Å²) in [4.78, 5) is 2.38. The molecule has 19 heavy (non-hydrogen) atoms. The Morgan fingerprint density at radius 2 is 1.26 bits per heavy atom. The molecule has 2 nitrogen and oxygen atoms in total. The molecule has 0 saturated carbocycles. The first kappa shape index (κ1) is 23.4. The highest BCUT2D eigenvalue weighted by molar-refractivity contribution is 4.58. The zero-order chi connectivity index (χ0) is 16.1. The number of rotatable bonds is 3. The van der Waals surface area contributed by atoms with Gasteiger partial charge in [0.15, 0.2) is 13.0 Å². The zero-order valence-corrected chi connectivity index (χ0v) is 9.92. The van der Waals surface area contributed by atoms with E-state index < -0.39 is 38.6 Å². The predicted molar refractivity (Wildman–Crippen MR) is 47.1 cm³/mol. The SMILES string of the molecule is CC(OCF)C(F)(F)F.CCC(F)(F)F.FCOF. The van der Waals surface area contributed by atoms with Gasteiger partial charge in [-0.3, -0.25) is 0 Å². The van der Waals surface area contributed by atoms with Crippen LogP contribution in [0.4, 0.5) is 39.6 Å². The second kappa shape index (κ2) is 12.3. The van der Waals surface area contributed by atoms with Crippen LogP contribution in [0.3, 0.4) is 0 Å². The molecule has 0 bridgehead atoms. The van der Waals surface area contributed by atoms with Gasteiger partial charge in [-0.15, -0.1) is 0 Å². The third-order valence-electron chi connectivity index (χ3n) is 1.22. The van der Waals surface area contributed by atoms with E-state index in [-0.39, 0.29) is 0 Å². The second-order valence-corrected chi connectivity index (χ2v) is 2.65. The maximum Gasteiger partial charge on any atom is 0.414 e. The molecule has 11 heteroatoms. The highest BCUT2D eigenvalue weighted by Gasteiger charge is 2.36. The number of alkyl halides is 8. The van der Waals surface area contributed by atoms with Crippen molar-refractivity contribution in [1.29, 1.82) is 0 Å². The van der Waals surface area contributed by atoms with Gasteiger partial charge >= 0.3 is 12.4 Å². The summed E-state index contributed by atoms with van der Waals surface area (Å²) in [6.07, 6.45) is -11.2. The number of hydrogen-bond donors (Lipinski definition) is 0. The standard InChI is InChI=1S/C4H6F4O.C3H5F3.CH2F2O/c1-3(9-2-5)4(6,7)8;1-2-3(4,5)6;2-1-4-3/h3H,2H2,1H3;2H2,1H3;1H2. The summed E-state index contributed by atoms with van der Waals surface area (Å²) in [5, 5.41) is 0. The molecule has 0 aromatic carbocycles. The second-order valence-electron chi connectivity index (χ2n) is 2.65. The fourth-order valence-corrected chi connectivity index (χ4v) is 0.189. The summed E-state index contributed by atoms with van der Waals surface area (Å²) in [7, 11) is 0. The van der Waals surface area contributed by atoms with Crippen LogP contribution in [0.25, 0.3) is 0 Å². The third kappa shape index (κ3) is 26.8. The van der Waals surface area contributed by atoms with Crippen molar-refractivity contribution in [2.24, 2.45) is 0 Å². The monoisotopic (exact) mass is 312 g/mol. The first-order valence-electron chi connectivity index (χ1n) is 4.56. The highest BCUT2D eigenvalue weighted by atomic mass is 19.4. The van der Waals surface area contributed by atoms with Gasteiger partial charge in [-0.1, -0.05) is 6.92 Å². The molecule has 0 amide bonds. The average molecular weight is 312 g/mol. The average Bonchev–Trinajstić information content (AvgIpc) is 2.28. The number of hydrogen-bond acceptors (Lipinski definition) is 2. The molecule has 0 fully saturated rings. The summed E-state index contributed by atoms with van der Waals surface area (Å²) in [6.45, 7) is -0.916. The quantitative estimate of drug-likeness (QED) is 0.706. The van der Waals surface area contributed by atoms with Crippen LogP contribution in [0.1, 0.15) is 20.3 Å². The minimum Gasteiger partial charge on any atom is -0.338 e. The molecule has 0 rings (SSSR count). The summed E-state index contributed by atoms with van der Waals surface area (Å²) in [6, 6.07) is 0. The Hall–Kier alpha value is -0.710. The number of ether oxygens (including phenoxy) is 1. The van der Waals surface area contributed by atoms with Crippen molar-refractivity contribution in [1.82, 2.24) is 0 Å². The van der Waals surface area contributed by atoms with Crippen molar-refractivity contribution in [3.05, 3.63) is 0 Å². The van der Waals surface area contributed by atoms with Crippen LogP contribution in [0.5, 0.6) is 0 Å². The molecule has 0 N–H and O–H groups in total. The minimum atomic E-state index is -4.45.